The van der Waals surface area contributed by atoms with Crippen LogP contribution in [0, 0.1) is 11.8 Å². The summed E-state index contributed by atoms with van der Waals surface area (Å²) in [6.45, 7) is 2.84. The Kier molecular flexibility index (Phi) is 6.19. The van der Waals surface area contributed by atoms with Crippen molar-refractivity contribution < 1.29 is 14.7 Å². The lowest BCUT2D eigenvalue weighted by atomic mass is 10.1. The van der Waals surface area contributed by atoms with Crippen LogP contribution in [0.1, 0.15) is 21.5 Å². The Morgan fingerprint density at radius 2 is 1.85 bits per heavy atom. The number of anilines is 1. The van der Waals surface area contributed by atoms with E-state index in [-0.39, 0.29) is 0 Å². The molecule has 3 aromatic carbocycles. The highest BCUT2D eigenvalue weighted by molar-refractivity contribution is 6.31. The molecule has 7 nitrogen and oxygen atoms in total. The molecule has 5 rings (SSSR count). The van der Waals surface area contributed by atoms with Gasteiger partial charge in [-0.3, -0.25) is 10.0 Å². The first-order valence-electron chi connectivity index (χ1n) is 10.8. The fourth-order valence-corrected chi connectivity index (χ4v) is 4.10. The Hall–Kier alpha value is -3.83. The van der Waals surface area contributed by atoms with E-state index in [4.69, 9.17) is 26.5 Å². The third-order valence-corrected chi connectivity index (χ3v) is 5.99. The van der Waals surface area contributed by atoms with Crippen LogP contribution in [0.2, 0.25) is 5.02 Å². The number of carbonyl (C=O) groups excluding carboxylic acids is 1. The van der Waals surface area contributed by atoms with E-state index in [0.717, 1.165) is 46.5 Å². The van der Waals surface area contributed by atoms with E-state index in [1.807, 2.05) is 42.5 Å². The normalized spacial score (nSPS) is 13.4. The first-order chi connectivity index (χ1) is 16.6. The number of ether oxygens (including phenoxy) is 1. The number of benzene rings is 3. The highest BCUT2D eigenvalue weighted by atomic mass is 35.5. The van der Waals surface area contributed by atoms with Crippen molar-refractivity contribution in [3.8, 4) is 23.2 Å². The molecule has 0 unspecified atom stereocenters. The first kappa shape index (κ1) is 22.0. The third-order valence-electron chi connectivity index (χ3n) is 5.66. The summed E-state index contributed by atoms with van der Waals surface area (Å²) in [6, 6.07) is 18.4. The number of halogens is 1. The SMILES string of the molecule is O=C(NO)c1cccc(-c2nc3cc(N4CCOCC4)c(C#Cc4ccccc4Cl)cc3[nH]2)c1. The molecule has 1 aliphatic rings. The first-order valence-corrected chi connectivity index (χ1v) is 11.2. The van der Waals surface area contributed by atoms with Crippen LogP contribution in [-0.4, -0.2) is 47.4 Å². The van der Waals surface area contributed by atoms with Gasteiger partial charge in [0.25, 0.3) is 5.91 Å². The highest BCUT2D eigenvalue weighted by Gasteiger charge is 2.17. The second kappa shape index (κ2) is 9.57. The van der Waals surface area contributed by atoms with Crippen LogP contribution in [-0.2, 0) is 4.74 Å². The number of rotatable bonds is 3. The average molecular weight is 473 g/mol. The lowest BCUT2D eigenvalue weighted by Gasteiger charge is -2.29. The molecule has 170 valence electrons. The molecule has 34 heavy (non-hydrogen) atoms. The molecule has 2 heterocycles. The Morgan fingerprint density at radius 3 is 2.65 bits per heavy atom. The number of H-pyrrole nitrogens is 1. The van der Waals surface area contributed by atoms with Gasteiger partial charge in [-0.15, -0.1) is 0 Å². The van der Waals surface area contributed by atoms with Crippen molar-refractivity contribution in [2.45, 2.75) is 0 Å². The number of nitrogens with zero attached hydrogens (tertiary/aromatic N) is 2. The standard InChI is InChI=1S/C26H21ClN4O3/c27-21-7-2-1-4-17(21)8-9-18-15-22-23(16-24(18)31-10-12-34-13-11-31)29-25(28-22)19-5-3-6-20(14-19)26(32)30-33/h1-7,14-16,33H,10-13H2,(H,28,29)(H,30,32). The third kappa shape index (κ3) is 4.47. The topological polar surface area (TPSA) is 90.5 Å². The maximum absolute atomic E-state index is 11.8. The molecule has 0 atom stereocenters. The van der Waals surface area contributed by atoms with Crippen LogP contribution in [0.25, 0.3) is 22.4 Å². The zero-order valence-corrected chi connectivity index (χ0v) is 18.9. The molecule has 0 spiro atoms. The molecule has 1 aliphatic heterocycles. The van der Waals surface area contributed by atoms with E-state index in [9.17, 15) is 4.79 Å². The fourth-order valence-electron chi connectivity index (χ4n) is 3.92. The average Bonchev–Trinajstić information content (AvgIpc) is 3.31. The predicted molar refractivity (Wildman–Crippen MR) is 131 cm³/mol. The molecule has 0 radical (unpaired) electrons. The monoisotopic (exact) mass is 472 g/mol. The second-order valence-corrected chi connectivity index (χ2v) is 8.23. The predicted octanol–water partition coefficient (Wildman–Crippen LogP) is 4.24. The smallest absolute Gasteiger partial charge is 0.274 e. The zero-order valence-electron chi connectivity index (χ0n) is 18.1. The van der Waals surface area contributed by atoms with Gasteiger partial charge in [0.1, 0.15) is 5.82 Å². The number of aromatic amines is 1. The van der Waals surface area contributed by atoms with Gasteiger partial charge in [-0.05, 0) is 36.4 Å². The van der Waals surface area contributed by atoms with Crippen molar-refractivity contribution in [3.63, 3.8) is 0 Å². The molecular formula is C26H21ClN4O3. The quantitative estimate of drug-likeness (QED) is 0.236. The van der Waals surface area contributed by atoms with E-state index >= 15 is 0 Å². The molecule has 0 aliphatic carbocycles. The molecule has 0 saturated carbocycles. The summed E-state index contributed by atoms with van der Waals surface area (Å²) in [6.07, 6.45) is 0. The van der Waals surface area contributed by atoms with Gasteiger partial charge in [0.15, 0.2) is 0 Å². The summed E-state index contributed by atoms with van der Waals surface area (Å²) < 4.78 is 5.53. The van der Waals surface area contributed by atoms with Gasteiger partial charge in [0.05, 0.1) is 40.5 Å². The number of imidazole rings is 1. The number of fused-ring (bicyclic) bond motifs is 1. The minimum absolute atomic E-state index is 0.334. The zero-order chi connectivity index (χ0) is 23.5. The Balaban J connectivity index is 1.60. The molecule has 3 N–H and O–H groups in total. The molecule has 1 saturated heterocycles. The van der Waals surface area contributed by atoms with E-state index < -0.39 is 5.91 Å². The van der Waals surface area contributed by atoms with Crippen molar-refractivity contribution in [3.05, 3.63) is 82.4 Å². The van der Waals surface area contributed by atoms with Crippen molar-refractivity contribution in [2.75, 3.05) is 31.2 Å². The summed E-state index contributed by atoms with van der Waals surface area (Å²) in [5.41, 5.74) is 6.95. The van der Waals surface area contributed by atoms with Gasteiger partial charge in [0, 0.05) is 29.8 Å². The van der Waals surface area contributed by atoms with Crippen LogP contribution in [0.3, 0.4) is 0 Å². The van der Waals surface area contributed by atoms with E-state index in [2.05, 4.69) is 21.7 Å². The number of hydrogen-bond acceptors (Lipinski definition) is 5. The van der Waals surface area contributed by atoms with Crippen LogP contribution >= 0.6 is 11.6 Å². The molecule has 0 bridgehead atoms. The minimum Gasteiger partial charge on any atom is -0.378 e. The largest absolute Gasteiger partial charge is 0.378 e. The Bertz CT molecular complexity index is 1430. The van der Waals surface area contributed by atoms with Gasteiger partial charge in [-0.25, -0.2) is 10.5 Å². The molecule has 1 fully saturated rings. The van der Waals surface area contributed by atoms with E-state index in [1.54, 1.807) is 23.7 Å². The maximum atomic E-state index is 11.8. The molecular weight excluding hydrogens is 452 g/mol. The summed E-state index contributed by atoms with van der Waals surface area (Å²) in [5, 5.41) is 9.55. The molecule has 1 aromatic heterocycles. The minimum atomic E-state index is -0.579. The van der Waals surface area contributed by atoms with Crippen molar-refractivity contribution in [1.82, 2.24) is 15.4 Å². The number of morpholine rings is 1. The van der Waals surface area contributed by atoms with E-state index in [0.29, 0.717) is 29.6 Å². The highest BCUT2D eigenvalue weighted by Crippen LogP contribution is 2.29. The van der Waals surface area contributed by atoms with Gasteiger partial charge >= 0.3 is 0 Å². The van der Waals surface area contributed by atoms with Crippen LogP contribution < -0.4 is 10.4 Å². The fraction of sp³-hybridized carbons (Fsp3) is 0.154. The van der Waals surface area contributed by atoms with Gasteiger partial charge in [-0.2, -0.15) is 0 Å². The molecule has 4 aromatic rings. The number of carbonyl (C=O) groups is 1. The summed E-state index contributed by atoms with van der Waals surface area (Å²) in [7, 11) is 0. The summed E-state index contributed by atoms with van der Waals surface area (Å²) in [5.74, 6) is 6.53. The summed E-state index contributed by atoms with van der Waals surface area (Å²) in [4.78, 5) is 22.2. The molecule has 8 heteroatoms. The lowest BCUT2D eigenvalue weighted by molar-refractivity contribution is 0.0706. The summed E-state index contributed by atoms with van der Waals surface area (Å²) >= 11 is 6.30. The van der Waals surface area contributed by atoms with Crippen molar-refractivity contribution in [1.29, 1.82) is 0 Å². The maximum Gasteiger partial charge on any atom is 0.274 e. The number of aromatic nitrogens is 2. The Morgan fingerprint density at radius 1 is 1.06 bits per heavy atom. The van der Waals surface area contributed by atoms with Crippen LogP contribution in [0.4, 0.5) is 5.69 Å². The number of nitrogens with one attached hydrogen (secondary N) is 2. The van der Waals surface area contributed by atoms with Gasteiger partial charge < -0.3 is 14.6 Å². The van der Waals surface area contributed by atoms with E-state index in [1.165, 1.54) is 0 Å². The molecule has 1 amide bonds. The number of hydroxylamine groups is 1. The number of amides is 1. The van der Waals surface area contributed by atoms with Crippen molar-refractivity contribution >= 4 is 34.2 Å². The lowest BCUT2D eigenvalue weighted by Crippen LogP contribution is -2.36. The van der Waals surface area contributed by atoms with Crippen LogP contribution in [0.15, 0.2) is 60.7 Å². The van der Waals surface area contributed by atoms with Crippen molar-refractivity contribution in [2.24, 2.45) is 0 Å². The second-order valence-electron chi connectivity index (χ2n) is 7.82. The van der Waals surface area contributed by atoms with Gasteiger partial charge in [0.2, 0.25) is 0 Å². The number of hydrogen-bond donors (Lipinski definition) is 3. The van der Waals surface area contributed by atoms with Gasteiger partial charge in [-0.1, -0.05) is 47.7 Å². The van der Waals surface area contributed by atoms with Crippen LogP contribution in [0.5, 0.6) is 0 Å². The Labute approximate surface area is 201 Å².